The fourth-order valence-corrected chi connectivity index (χ4v) is 3.56. The SMILES string of the molecule is Cc1ccc(N2CCN(C(=O)CC[C@H](NC(=O)OCc3ccccc3)C(=O)O)CC2)cc1. The van der Waals surface area contributed by atoms with E-state index in [1.54, 1.807) is 17.0 Å². The number of carbonyl (C=O) groups excluding carboxylic acids is 2. The summed E-state index contributed by atoms with van der Waals surface area (Å²) in [6, 6.07) is 16.2. The summed E-state index contributed by atoms with van der Waals surface area (Å²) >= 11 is 0. The zero-order chi connectivity index (χ0) is 22.9. The standard InChI is InChI=1S/C24H29N3O5/c1-18-7-9-20(10-8-18)26-13-15-27(16-14-26)22(28)12-11-21(23(29)30)25-24(31)32-17-19-5-3-2-4-6-19/h2-10,21H,11-17H2,1H3,(H,25,31)(H,29,30)/t21-/m0/s1. The van der Waals surface area contributed by atoms with Crippen LogP contribution in [0.25, 0.3) is 0 Å². The lowest BCUT2D eigenvalue weighted by molar-refractivity contribution is -0.140. The van der Waals surface area contributed by atoms with Crippen molar-refractivity contribution in [2.75, 3.05) is 31.1 Å². The molecule has 1 aliphatic rings. The number of ether oxygens (including phenoxy) is 1. The molecule has 0 radical (unpaired) electrons. The van der Waals surface area contributed by atoms with Gasteiger partial charge < -0.3 is 25.0 Å². The van der Waals surface area contributed by atoms with Crippen LogP contribution in [-0.2, 0) is 20.9 Å². The van der Waals surface area contributed by atoms with Gasteiger partial charge in [0.05, 0.1) is 0 Å². The minimum Gasteiger partial charge on any atom is -0.480 e. The van der Waals surface area contributed by atoms with E-state index in [-0.39, 0.29) is 25.4 Å². The molecule has 1 atom stereocenters. The topological polar surface area (TPSA) is 99.2 Å². The van der Waals surface area contributed by atoms with Crippen molar-refractivity contribution >= 4 is 23.7 Å². The third-order valence-electron chi connectivity index (χ3n) is 5.48. The van der Waals surface area contributed by atoms with Gasteiger partial charge in [0.2, 0.25) is 5.91 Å². The van der Waals surface area contributed by atoms with E-state index in [1.807, 2.05) is 25.1 Å². The van der Waals surface area contributed by atoms with Gasteiger partial charge in [0.1, 0.15) is 12.6 Å². The Hall–Kier alpha value is -3.55. The molecular weight excluding hydrogens is 410 g/mol. The number of aliphatic carboxylic acids is 1. The molecule has 1 aliphatic heterocycles. The summed E-state index contributed by atoms with van der Waals surface area (Å²) in [5, 5.41) is 11.7. The Morgan fingerprint density at radius 3 is 2.28 bits per heavy atom. The van der Waals surface area contributed by atoms with E-state index in [0.717, 1.165) is 24.3 Å². The lowest BCUT2D eigenvalue weighted by Crippen LogP contribution is -2.49. The second kappa shape index (κ2) is 11.2. The highest BCUT2D eigenvalue weighted by atomic mass is 16.5. The zero-order valence-corrected chi connectivity index (χ0v) is 18.2. The Morgan fingerprint density at radius 2 is 1.66 bits per heavy atom. The van der Waals surface area contributed by atoms with Crippen LogP contribution in [0.2, 0.25) is 0 Å². The zero-order valence-electron chi connectivity index (χ0n) is 18.2. The number of benzene rings is 2. The number of hydrogen-bond acceptors (Lipinski definition) is 5. The molecule has 0 spiro atoms. The number of carboxylic acid groups (broad SMARTS) is 1. The average molecular weight is 440 g/mol. The Bertz CT molecular complexity index is 909. The van der Waals surface area contributed by atoms with E-state index in [1.165, 1.54) is 5.56 Å². The molecule has 0 aliphatic carbocycles. The van der Waals surface area contributed by atoms with Crippen molar-refractivity contribution in [3.05, 3.63) is 65.7 Å². The number of nitrogens with one attached hydrogen (secondary N) is 1. The van der Waals surface area contributed by atoms with E-state index in [9.17, 15) is 19.5 Å². The first-order valence-corrected chi connectivity index (χ1v) is 10.7. The van der Waals surface area contributed by atoms with E-state index in [4.69, 9.17) is 4.74 Å². The molecule has 2 N–H and O–H groups in total. The Morgan fingerprint density at radius 1 is 1.00 bits per heavy atom. The first-order chi connectivity index (χ1) is 15.4. The van der Waals surface area contributed by atoms with Gasteiger partial charge in [-0.2, -0.15) is 0 Å². The number of carboxylic acids is 1. The maximum Gasteiger partial charge on any atom is 0.408 e. The van der Waals surface area contributed by atoms with Gasteiger partial charge >= 0.3 is 12.1 Å². The largest absolute Gasteiger partial charge is 0.480 e. The van der Waals surface area contributed by atoms with Gasteiger partial charge in [-0.1, -0.05) is 48.0 Å². The number of hydrogen-bond donors (Lipinski definition) is 2. The molecule has 1 heterocycles. The van der Waals surface area contributed by atoms with Crippen LogP contribution in [0.4, 0.5) is 10.5 Å². The number of alkyl carbamates (subject to hydrolysis) is 1. The average Bonchev–Trinajstić information content (AvgIpc) is 2.81. The molecule has 3 rings (SSSR count). The summed E-state index contributed by atoms with van der Waals surface area (Å²) in [6.07, 6.45) is -0.770. The molecule has 8 heteroatoms. The minimum atomic E-state index is -1.20. The van der Waals surface area contributed by atoms with E-state index in [0.29, 0.717) is 13.1 Å². The van der Waals surface area contributed by atoms with Gasteiger partial charge in [-0.15, -0.1) is 0 Å². The summed E-state index contributed by atoms with van der Waals surface area (Å²) in [5.74, 6) is -1.31. The minimum absolute atomic E-state index is 0.00673. The van der Waals surface area contributed by atoms with Gasteiger partial charge in [0.25, 0.3) is 0 Å². The van der Waals surface area contributed by atoms with Crippen molar-refractivity contribution < 1.29 is 24.2 Å². The van der Waals surface area contributed by atoms with Crippen LogP contribution in [0.3, 0.4) is 0 Å². The van der Waals surface area contributed by atoms with Crippen LogP contribution >= 0.6 is 0 Å². The molecule has 1 saturated heterocycles. The first-order valence-electron chi connectivity index (χ1n) is 10.7. The number of amides is 2. The highest BCUT2D eigenvalue weighted by Crippen LogP contribution is 2.17. The summed E-state index contributed by atoms with van der Waals surface area (Å²) in [4.78, 5) is 40.0. The highest BCUT2D eigenvalue weighted by Gasteiger charge is 2.25. The molecule has 2 aromatic carbocycles. The van der Waals surface area contributed by atoms with E-state index >= 15 is 0 Å². The molecule has 170 valence electrons. The maximum absolute atomic E-state index is 12.6. The molecule has 0 bridgehead atoms. The Labute approximate surface area is 187 Å². The maximum atomic E-state index is 12.6. The summed E-state index contributed by atoms with van der Waals surface area (Å²) < 4.78 is 5.08. The molecule has 2 amide bonds. The van der Waals surface area contributed by atoms with Crippen LogP contribution in [0.5, 0.6) is 0 Å². The van der Waals surface area contributed by atoms with E-state index in [2.05, 4.69) is 34.5 Å². The monoisotopic (exact) mass is 439 g/mol. The van der Waals surface area contributed by atoms with Crippen LogP contribution < -0.4 is 10.2 Å². The molecule has 0 saturated carbocycles. The third-order valence-corrected chi connectivity index (χ3v) is 5.48. The van der Waals surface area contributed by atoms with Crippen molar-refractivity contribution in [3.63, 3.8) is 0 Å². The van der Waals surface area contributed by atoms with Crippen molar-refractivity contribution in [3.8, 4) is 0 Å². The number of aryl methyl sites for hydroxylation is 1. The molecule has 0 unspecified atom stereocenters. The second-order valence-corrected chi connectivity index (χ2v) is 7.84. The smallest absolute Gasteiger partial charge is 0.408 e. The van der Waals surface area contributed by atoms with Gasteiger partial charge in [-0.25, -0.2) is 9.59 Å². The lowest BCUT2D eigenvalue weighted by atomic mass is 10.1. The summed E-state index contributed by atoms with van der Waals surface area (Å²) in [7, 11) is 0. The second-order valence-electron chi connectivity index (χ2n) is 7.84. The molecule has 2 aromatic rings. The number of piperazine rings is 1. The fourth-order valence-electron chi connectivity index (χ4n) is 3.56. The summed E-state index contributed by atoms with van der Waals surface area (Å²) in [5.41, 5.74) is 3.13. The highest BCUT2D eigenvalue weighted by molar-refractivity contribution is 5.82. The molecule has 32 heavy (non-hydrogen) atoms. The van der Waals surface area contributed by atoms with E-state index < -0.39 is 18.1 Å². The van der Waals surface area contributed by atoms with Gasteiger partial charge in [-0.05, 0) is 31.0 Å². The van der Waals surface area contributed by atoms with Gasteiger partial charge in [0, 0.05) is 38.3 Å². The predicted octanol–water partition coefficient (Wildman–Crippen LogP) is 2.80. The molecular formula is C24H29N3O5. The number of rotatable bonds is 8. The normalized spacial score (nSPS) is 14.5. The molecule has 8 nitrogen and oxygen atoms in total. The van der Waals surface area contributed by atoms with Crippen molar-refractivity contribution in [2.45, 2.75) is 32.4 Å². The lowest BCUT2D eigenvalue weighted by Gasteiger charge is -2.36. The molecule has 1 fully saturated rings. The third kappa shape index (κ3) is 6.73. The van der Waals surface area contributed by atoms with Crippen LogP contribution in [0, 0.1) is 6.92 Å². The van der Waals surface area contributed by atoms with Crippen molar-refractivity contribution in [1.29, 1.82) is 0 Å². The predicted molar refractivity (Wildman–Crippen MR) is 120 cm³/mol. The van der Waals surface area contributed by atoms with Gasteiger partial charge in [0.15, 0.2) is 0 Å². The van der Waals surface area contributed by atoms with Crippen LogP contribution in [-0.4, -0.2) is 60.2 Å². The van der Waals surface area contributed by atoms with Gasteiger partial charge in [-0.3, -0.25) is 4.79 Å². The fraction of sp³-hybridized carbons (Fsp3) is 0.375. The Kier molecular flexibility index (Phi) is 8.08. The number of carbonyl (C=O) groups is 3. The van der Waals surface area contributed by atoms with Crippen LogP contribution in [0.1, 0.15) is 24.0 Å². The number of nitrogens with zero attached hydrogens (tertiary/aromatic N) is 2. The summed E-state index contributed by atoms with van der Waals surface area (Å²) in [6.45, 7) is 4.70. The van der Waals surface area contributed by atoms with Crippen LogP contribution in [0.15, 0.2) is 54.6 Å². The Balaban J connectivity index is 1.42. The van der Waals surface area contributed by atoms with Crippen molar-refractivity contribution in [2.24, 2.45) is 0 Å². The first kappa shape index (κ1) is 23.1. The number of anilines is 1. The quantitative estimate of drug-likeness (QED) is 0.656. The van der Waals surface area contributed by atoms with Crippen molar-refractivity contribution in [1.82, 2.24) is 10.2 Å². The molecule has 0 aromatic heterocycles.